The van der Waals surface area contributed by atoms with Crippen LogP contribution in [0.25, 0.3) is 22.6 Å². The first-order valence-electron chi connectivity index (χ1n) is 6.88. The van der Waals surface area contributed by atoms with Gasteiger partial charge in [-0.25, -0.2) is 9.97 Å². The van der Waals surface area contributed by atoms with E-state index in [4.69, 9.17) is 15.5 Å². The van der Waals surface area contributed by atoms with Crippen molar-refractivity contribution < 1.29 is 4.74 Å². The number of imidazole rings is 1. The zero-order valence-corrected chi connectivity index (χ0v) is 12.4. The molecule has 2 heterocycles. The van der Waals surface area contributed by atoms with Gasteiger partial charge in [0.2, 0.25) is 0 Å². The average Bonchev–Trinajstić information content (AvgIpc) is 2.87. The van der Waals surface area contributed by atoms with E-state index in [0.717, 1.165) is 28.3 Å². The smallest absolute Gasteiger partial charge is 0.160 e. The first kappa shape index (κ1) is 13.4. The molecule has 0 saturated carbocycles. The molecule has 1 aromatic carbocycles. The normalized spacial score (nSPS) is 11.2. The minimum Gasteiger partial charge on any atom is -0.497 e. The minimum atomic E-state index is 0.227. The van der Waals surface area contributed by atoms with Crippen LogP contribution in [0.15, 0.2) is 36.5 Å². The molecule has 3 rings (SSSR count). The molecule has 108 valence electrons. The van der Waals surface area contributed by atoms with E-state index < -0.39 is 0 Å². The number of anilines is 1. The topological polar surface area (TPSA) is 66.0 Å². The molecule has 0 spiro atoms. The summed E-state index contributed by atoms with van der Waals surface area (Å²) >= 11 is 0. The van der Waals surface area contributed by atoms with Crippen LogP contribution in [-0.4, -0.2) is 21.6 Å². The van der Waals surface area contributed by atoms with Crippen LogP contribution >= 0.6 is 0 Å². The van der Waals surface area contributed by atoms with Crippen LogP contribution < -0.4 is 10.5 Å². The van der Waals surface area contributed by atoms with Gasteiger partial charge < -0.3 is 15.0 Å². The molecule has 5 heteroatoms. The number of methoxy groups -OCH3 is 1. The highest BCUT2D eigenvalue weighted by molar-refractivity contribution is 5.82. The molecular formula is C16H18N4O. The van der Waals surface area contributed by atoms with E-state index in [1.54, 1.807) is 13.3 Å². The number of aromatic nitrogens is 3. The van der Waals surface area contributed by atoms with E-state index in [1.807, 2.05) is 30.3 Å². The van der Waals surface area contributed by atoms with Crippen LogP contribution in [0.5, 0.6) is 5.75 Å². The third kappa shape index (κ3) is 2.20. The second kappa shape index (κ2) is 5.09. The van der Waals surface area contributed by atoms with E-state index in [2.05, 4.69) is 23.4 Å². The van der Waals surface area contributed by atoms with Crippen molar-refractivity contribution in [2.75, 3.05) is 12.8 Å². The van der Waals surface area contributed by atoms with Gasteiger partial charge in [0, 0.05) is 23.5 Å². The van der Waals surface area contributed by atoms with E-state index in [9.17, 15) is 0 Å². The Hall–Kier alpha value is -2.56. The van der Waals surface area contributed by atoms with Gasteiger partial charge in [-0.15, -0.1) is 0 Å². The maximum absolute atomic E-state index is 6.14. The number of pyridine rings is 1. The third-order valence-electron chi connectivity index (χ3n) is 3.47. The zero-order valence-electron chi connectivity index (χ0n) is 12.4. The molecule has 0 radical (unpaired) electrons. The molecule has 3 aromatic rings. The third-order valence-corrected chi connectivity index (χ3v) is 3.47. The number of fused-ring (bicyclic) bond motifs is 1. The number of nitrogens with two attached hydrogens (primary N) is 1. The van der Waals surface area contributed by atoms with Crippen LogP contribution in [0.4, 0.5) is 5.69 Å². The number of nitrogen functional groups attached to an aromatic ring is 1. The first-order valence-corrected chi connectivity index (χ1v) is 6.88. The summed E-state index contributed by atoms with van der Waals surface area (Å²) in [6.07, 6.45) is 1.78. The van der Waals surface area contributed by atoms with Crippen LogP contribution in [0.1, 0.15) is 19.9 Å². The molecule has 0 amide bonds. The number of benzene rings is 1. The molecule has 0 fully saturated rings. The lowest BCUT2D eigenvalue weighted by Crippen LogP contribution is -2.05. The van der Waals surface area contributed by atoms with Crippen LogP contribution in [-0.2, 0) is 0 Å². The summed E-state index contributed by atoms with van der Waals surface area (Å²) in [7, 11) is 1.64. The highest BCUT2D eigenvalue weighted by atomic mass is 16.5. The number of hydrogen-bond donors (Lipinski definition) is 1. The van der Waals surface area contributed by atoms with E-state index in [0.29, 0.717) is 5.69 Å². The SMILES string of the molecule is COc1ccc(N)c(-c2nc3cccnc3n2C(C)C)c1. The molecule has 0 aliphatic heterocycles. The van der Waals surface area contributed by atoms with Crippen molar-refractivity contribution in [2.24, 2.45) is 0 Å². The fourth-order valence-corrected chi connectivity index (χ4v) is 2.46. The molecule has 2 aromatic heterocycles. The molecule has 0 bridgehead atoms. The Morgan fingerprint density at radius 1 is 1.24 bits per heavy atom. The van der Waals surface area contributed by atoms with Crippen molar-refractivity contribution in [2.45, 2.75) is 19.9 Å². The minimum absolute atomic E-state index is 0.227. The molecule has 0 aliphatic carbocycles. The van der Waals surface area contributed by atoms with Gasteiger partial charge in [0.1, 0.15) is 17.1 Å². The summed E-state index contributed by atoms with van der Waals surface area (Å²) in [6, 6.07) is 9.67. The van der Waals surface area contributed by atoms with E-state index in [-0.39, 0.29) is 6.04 Å². The molecule has 0 unspecified atom stereocenters. The molecule has 5 nitrogen and oxygen atoms in total. The Morgan fingerprint density at radius 2 is 2.05 bits per heavy atom. The highest BCUT2D eigenvalue weighted by Gasteiger charge is 2.18. The lowest BCUT2D eigenvalue weighted by molar-refractivity contribution is 0.415. The van der Waals surface area contributed by atoms with E-state index >= 15 is 0 Å². The van der Waals surface area contributed by atoms with Gasteiger partial charge in [0.05, 0.1) is 7.11 Å². The van der Waals surface area contributed by atoms with Gasteiger partial charge in [-0.05, 0) is 44.2 Å². The predicted octanol–water partition coefficient (Wildman–Crippen LogP) is 3.27. The zero-order chi connectivity index (χ0) is 15.0. The standard InChI is InChI=1S/C16H18N4O/c1-10(2)20-15(19-14-5-4-8-18-16(14)20)12-9-11(21-3)6-7-13(12)17/h4-10H,17H2,1-3H3. The maximum atomic E-state index is 6.14. The Bertz CT molecular complexity index is 792. The highest BCUT2D eigenvalue weighted by Crippen LogP contribution is 2.33. The number of nitrogens with zero attached hydrogens (tertiary/aromatic N) is 3. The largest absolute Gasteiger partial charge is 0.497 e. The maximum Gasteiger partial charge on any atom is 0.160 e. The van der Waals surface area contributed by atoms with Crippen molar-refractivity contribution in [3.05, 3.63) is 36.5 Å². The molecule has 21 heavy (non-hydrogen) atoms. The Labute approximate surface area is 123 Å². The van der Waals surface area contributed by atoms with Crippen LogP contribution in [0.3, 0.4) is 0 Å². The van der Waals surface area contributed by atoms with E-state index in [1.165, 1.54) is 0 Å². The van der Waals surface area contributed by atoms with Crippen molar-refractivity contribution in [1.82, 2.24) is 14.5 Å². The molecule has 0 saturated heterocycles. The van der Waals surface area contributed by atoms with Crippen LogP contribution in [0.2, 0.25) is 0 Å². The fourth-order valence-electron chi connectivity index (χ4n) is 2.46. The lowest BCUT2D eigenvalue weighted by atomic mass is 10.1. The number of hydrogen-bond acceptors (Lipinski definition) is 4. The molecule has 0 aliphatic rings. The molecule has 2 N–H and O–H groups in total. The van der Waals surface area contributed by atoms with Crippen molar-refractivity contribution in [3.8, 4) is 17.1 Å². The summed E-state index contributed by atoms with van der Waals surface area (Å²) in [5.74, 6) is 1.57. The van der Waals surface area contributed by atoms with Crippen LogP contribution in [0, 0.1) is 0 Å². The summed E-state index contributed by atoms with van der Waals surface area (Å²) in [5.41, 5.74) is 9.40. The van der Waals surface area contributed by atoms with Gasteiger partial charge in [-0.3, -0.25) is 0 Å². The molecule has 0 atom stereocenters. The number of rotatable bonds is 3. The van der Waals surface area contributed by atoms with Gasteiger partial charge >= 0.3 is 0 Å². The van der Waals surface area contributed by atoms with Gasteiger partial charge in [-0.1, -0.05) is 0 Å². The predicted molar refractivity (Wildman–Crippen MR) is 84.3 cm³/mol. The summed E-state index contributed by atoms with van der Waals surface area (Å²) in [4.78, 5) is 9.15. The van der Waals surface area contributed by atoms with Crippen molar-refractivity contribution in [3.63, 3.8) is 0 Å². The Kier molecular flexibility index (Phi) is 3.25. The van der Waals surface area contributed by atoms with Gasteiger partial charge in [0.15, 0.2) is 5.65 Å². The van der Waals surface area contributed by atoms with Gasteiger partial charge in [-0.2, -0.15) is 0 Å². The van der Waals surface area contributed by atoms with Crippen molar-refractivity contribution >= 4 is 16.9 Å². The van der Waals surface area contributed by atoms with Gasteiger partial charge in [0.25, 0.3) is 0 Å². The Morgan fingerprint density at radius 3 is 2.76 bits per heavy atom. The summed E-state index contributed by atoms with van der Waals surface area (Å²) in [5, 5.41) is 0. The first-order chi connectivity index (χ1) is 10.1. The summed E-state index contributed by atoms with van der Waals surface area (Å²) in [6.45, 7) is 4.21. The second-order valence-electron chi connectivity index (χ2n) is 5.20. The average molecular weight is 282 g/mol. The summed E-state index contributed by atoms with van der Waals surface area (Å²) < 4.78 is 7.40. The lowest BCUT2D eigenvalue weighted by Gasteiger charge is -2.14. The number of ether oxygens (including phenoxy) is 1. The van der Waals surface area contributed by atoms with Crippen molar-refractivity contribution in [1.29, 1.82) is 0 Å². The molecular weight excluding hydrogens is 264 g/mol. The quantitative estimate of drug-likeness (QED) is 0.749. The Balaban J connectivity index is 2.32. The fraction of sp³-hybridized carbons (Fsp3) is 0.250. The monoisotopic (exact) mass is 282 g/mol. The second-order valence-corrected chi connectivity index (χ2v) is 5.20.